The van der Waals surface area contributed by atoms with E-state index in [9.17, 15) is 13.6 Å². The van der Waals surface area contributed by atoms with Gasteiger partial charge in [0.25, 0.3) is 5.76 Å². The average molecular weight is 284 g/mol. The Morgan fingerprint density at radius 1 is 1.42 bits per heavy atom. The minimum Gasteiger partial charge on any atom is -0.325 e. The first-order valence-electron chi connectivity index (χ1n) is 5.82. The summed E-state index contributed by atoms with van der Waals surface area (Å²) < 4.78 is 24.2. The number of amides is 1. The number of benzene rings is 1. The molecule has 0 saturated carbocycles. The Morgan fingerprint density at radius 3 is 2.53 bits per heavy atom. The molecule has 1 aromatic rings. The molecule has 0 bridgehead atoms. The van der Waals surface area contributed by atoms with Crippen LogP contribution < -0.4 is 5.32 Å². The van der Waals surface area contributed by atoms with Gasteiger partial charge in [-0.25, -0.2) is 0 Å². The maximum absolute atomic E-state index is 12.1. The third kappa shape index (κ3) is 5.26. The number of thioether (sulfide) groups is 1. The Kier molecular flexibility index (Phi) is 6.30. The average Bonchev–Trinajstić information content (AvgIpc) is 2.37. The summed E-state index contributed by atoms with van der Waals surface area (Å²) in [5.41, 5.74) is 0.500. The zero-order chi connectivity index (χ0) is 14.3. The van der Waals surface area contributed by atoms with Crippen molar-refractivity contribution in [1.29, 1.82) is 5.26 Å². The van der Waals surface area contributed by atoms with Crippen LogP contribution in [0.5, 0.6) is 0 Å². The van der Waals surface area contributed by atoms with E-state index in [0.29, 0.717) is 28.8 Å². The first-order valence-corrected chi connectivity index (χ1v) is 6.70. The van der Waals surface area contributed by atoms with Crippen molar-refractivity contribution >= 4 is 23.4 Å². The third-order valence-corrected chi connectivity index (χ3v) is 3.12. The van der Waals surface area contributed by atoms with Crippen LogP contribution in [0.25, 0.3) is 0 Å². The maximum Gasteiger partial charge on any atom is 0.288 e. The molecular weight excluding hydrogens is 270 g/mol. The van der Waals surface area contributed by atoms with Crippen molar-refractivity contribution in [2.75, 3.05) is 5.32 Å². The summed E-state index contributed by atoms with van der Waals surface area (Å²) in [4.78, 5) is 12.2. The summed E-state index contributed by atoms with van der Waals surface area (Å²) in [5.74, 6) is -3.51. The van der Waals surface area contributed by atoms with Gasteiger partial charge in [0.1, 0.15) is 5.92 Å². The lowest BCUT2D eigenvalue weighted by atomic mass is 10.0. The number of nitriles is 1. The van der Waals surface area contributed by atoms with E-state index >= 15 is 0 Å². The number of hydrogen-bond acceptors (Lipinski definition) is 3. The molecule has 0 spiro atoms. The highest BCUT2D eigenvalue weighted by molar-refractivity contribution is 7.99. The third-order valence-electron chi connectivity index (χ3n) is 2.40. The minimum atomic E-state index is -2.46. The van der Waals surface area contributed by atoms with Crippen LogP contribution >= 0.6 is 11.8 Å². The molecule has 1 amide bonds. The second-order valence-corrected chi connectivity index (χ2v) is 4.93. The number of anilines is 1. The van der Waals surface area contributed by atoms with Crippen LogP contribution in [0.3, 0.4) is 0 Å². The molecule has 1 aromatic carbocycles. The SMILES string of the molecule is CCCC(C#N)C(=O)Nc1ccc(SC(F)F)cc1. The Morgan fingerprint density at radius 2 is 2.05 bits per heavy atom. The molecule has 1 rings (SSSR count). The summed E-state index contributed by atoms with van der Waals surface area (Å²) in [6.45, 7) is 1.90. The van der Waals surface area contributed by atoms with Crippen molar-refractivity contribution in [3.8, 4) is 6.07 Å². The minimum absolute atomic E-state index is 0.362. The Bertz CT molecular complexity index is 457. The molecular formula is C13H14F2N2OS. The van der Waals surface area contributed by atoms with E-state index in [1.165, 1.54) is 12.1 Å². The van der Waals surface area contributed by atoms with E-state index in [0.717, 1.165) is 6.42 Å². The van der Waals surface area contributed by atoms with Gasteiger partial charge in [-0.1, -0.05) is 25.1 Å². The fourth-order valence-corrected chi connectivity index (χ4v) is 1.99. The second kappa shape index (κ2) is 7.74. The highest BCUT2D eigenvalue weighted by atomic mass is 32.2. The fourth-order valence-electron chi connectivity index (χ4n) is 1.49. The number of hydrogen-bond donors (Lipinski definition) is 1. The van der Waals surface area contributed by atoms with Crippen molar-refractivity contribution in [3.63, 3.8) is 0 Å². The molecule has 3 nitrogen and oxygen atoms in total. The van der Waals surface area contributed by atoms with E-state index in [4.69, 9.17) is 5.26 Å². The zero-order valence-electron chi connectivity index (χ0n) is 10.4. The van der Waals surface area contributed by atoms with Gasteiger partial charge in [-0.15, -0.1) is 0 Å². The van der Waals surface area contributed by atoms with Gasteiger partial charge >= 0.3 is 0 Å². The molecule has 0 radical (unpaired) electrons. The lowest BCUT2D eigenvalue weighted by Gasteiger charge is -2.09. The standard InChI is InChI=1S/C13H14F2N2OS/c1-2-3-9(8-16)12(18)17-10-4-6-11(7-5-10)19-13(14)15/h4-7,9,13H,2-3H2,1H3,(H,17,18). The summed E-state index contributed by atoms with van der Waals surface area (Å²) in [6, 6.07) is 8.05. The van der Waals surface area contributed by atoms with Crippen LogP contribution in [-0.4, -0.2) is 11.7 Å². The number of rotatable bonds is 6. The number of halogens is 2. The van der Waals surface area contributed by atoms with Crippen LogP contribution in [0.2, 0.25) is 0 Å². The molecule has 0 aromatic heterocycles. The van der Waals surface area contributed by atoms with Gasteiger partial charge < -0.3 is 5.32 Å². The van der Waals surface area contributed by atoms with Crippen LogP contribution in [0, 0.1) is 17.2 Å². The second-order valence-electron chi connectivity index (χ2n) is 3.86. The topological polar surface area (TPSA) is 52.9 Å². The molecule has 19 heavy (non-hydrogen) atoms. The monoisotopic (exact) mass is 284 g/mol. The molecule has 1 atom stereocenters. The van der Waals surface area contributed by atoms with E-state index in [-0.39, 0.29) is 5.91 Å². The molecule has 0 heterocycles. The first-order chi connectivity index (χ1) is 9.06. The van der Waals surface area contributed by atoms with Gasteiger partial charge in [-0.2, -0.15) is 14.0 Å². The summed E-state index contributed by atoms with van der Waals surface area (Å²) >= 11 is 0.447. The lowest BCUT2D eigenvalue weighted by molar-refractivity contribution is -0.118. The van der Waals surface area contributed by atoms with E-state index in [1.54, 1.807) is 12.1 Å². The quantitative estimate of drug-likeness (QED) is 0.806. The predicted molar refractivity (Wildman–Crippen MR) is 70.9 cm³/mol. The van der Waals surface area contributed by atoms with Crippen LogP contribution in [-0.2, 0) is 4.79 Å². The molecule has 0 fully saturated rings. The molecule has 1 unspecified atom stereocenters. The highest BCUT2D eigenvalue weighted by Gasteiger charge is 2.16. The largest absolute Gasteiger partial charge is 0.325 e. The van der Waals surface area contributed by atoms with Gasteiger partial charge in [-0.05, 0) is 30.7 Å². The normalized spacial score (nSPS) is 11.9. The molecule has 1 N–H and O–H groups in total. The fraction of sp³-hybridized carbons (Fsp3) is 0.385. The maximum atomic E-state index is 12.1. The number of nitrogens with zero attached hydrogens (tertiary/aromatic N) is 1. The molecule has 102 valence electrons. The Labute approximate surface area is 115 Å². The van der Waals surface area contributed by atoms with Gasteiger partial charge in [0, 0.05) is 10.6 Å². The molecule has 0 aliphatic heterocycles. The van der Waals surface area contributed by atoms with Gasteiger partial charge in [0.15, 0.2) is 0 Å². The van der Waals surface area contributed by atoms with Crippen molar-refractivity contribution in [3.05, 3.63) is 24.3 Å². The van der Waals surface area contributed by atoms with Crippen molar-refractivity contribution in [2.24, 2.45) is 5.92 Å². The van der Waals surface area contributed by atoms with Crippen LogP contribution in [0.1, 0.15) is 19.8 Å². The molecule has 0 aliphatic rings. The smallest absolute Gasteiger partial charge is 0.288 e. The Balaban J connectivity index is 2.62. The van der Waals surface area contributed by atoms with Gasteiger partial charge in [0.2, 0.25) is 5.91 Å². The lowest BCUT2D eigenvalue weighted by Crippen LogP contribution is -2.21. The highest BCUT2D eigenvalue weighted by Crippen LogP contribution is 2.26. The molecule has 6 heteroatoms. The number of carbonyl (C=O) groups is 1. The van der Waals surface area contributed by atoms with E-state index in [1.807, 2.05) is 13.0 Å². The van der Waals surface area contributed by atoms with E-state index < -0.39 is 11.7 Å². The Hall–Kier alpha value is -1.61. The van der Waals surface area contributed by atoms with Crippen molar-refractivity contribution in [2.45, 2.75) is 30.4 Å². The molecule has 0 saturated heterocycles. The first kappa shape index (κ1) is 15.4. The van der Waals surface area contributed by atoms with E-state index in [2.05, 4.69) is 5.32 Å². The number of nitrogens with one attached hydrogen (secondary N) is 1. The zero-order valence-corrected chi connectivity index (χ0v) is 11.2. The van der Waals surface area contributed by atoms with Crippen molar-refractivity contribution < 1.29 is 13.6 Å². The van der Waals surface area contributed by atoms with Gasteiger partial charge in [-0.3, -0.25) is 4.79 Å². The summed E-state index contributed by atoms with van der Waals surface area (Å²) in [7, 11) is 0. The molecule has 0 aliphatic carbocycles. The summed E-state index contributed by atoms with van der Waals surface area (Å²) in [6.07, 6.45) is 1.25. The van der Waals surface area contributed by atoms with Crippen molar-refractivity contribution in [1.82, 2.24) is 0 Å². The number of carbonyl (C=O) groups excluding carboxylic acids is 1. The van der Waals surface area contributed by atoms with Gasteiger partial charge in [0.05, 0.1) is 6.07 Å². The number of alkyl halides is 2. The predicted octanol–water partition coefficient (Wildman–Crippen LogP) is 3.88. The van der Waals surface area contributed by atoms with Crippen LogP contribution in [0.15, 0.2) is 29.2 Å². The van der Waals surface area contributed by atoms with Crippen LogP contribution in [0.4, 0.5) is 14.5 Å². The summed E-state index contributed by atoms with van der Waals surface area (Å²) in [5, 5.41) is 11.5.